The second kappa shape index (κ2) is 6.63. The van der Waals surface area contributed by atoms with Crippen LogP contribution in [0.2, 0.25) is 0 Å². The molecule has 7 heteroatoms. The molecule has 3 aromatic rings. The van der Waals surface area contributed by atoms with Crippen LogP contribution < -0.4 is 4.74 Å². The largest absolute Gasteiger partial charge is 0.481 e. The van der Waals surface area contributed by atoms with Crippen LogP contribution in [-0.2, 0) is 16.0 Å². The van der Waals surface area contributed by atoms with Crippen molar-refractivity contribution >= 4 is 21.9 Å². The van der Waals surface area contributed by atoms with Gasteiger partial charge >= 0.3 is 5.97 Å². The highest BCUT2D eigenvalue weighted by Crippen LogP contribution is 2.68. The average molecular weight is 468 g/mol. The van der Waals surface area contributed by atoms with E-state index in [9.17, 15) is 20.1 Å². The van der Waals surface area contributed by atoms with E-state index in [0.717, 1.165) is 4.47 Å². The van der Waals surface area contributed by atoms with Gasteiger partial charge in [-0.25, -0.2) is 0 Å². The van der Waals surface area contributed by atoms with Crippen molar-refractivity contribution in [3.05, 3.63) is 94.2 Å². The maximum atomic E-state index is 12.4. The van der Waals surface area contributed by atoms with Crippen LogP contribution >= 0.6 is 15.9 Å². The Balaban J connectivity index is 1.87. The van der Waals surface area contributed by atoms with Crippen LogP contribution in [0.25, 0.3) is 0 Å². The van der Waals surface area contributed by atoms with Crippen molar-refractivity contribution in [3.8, 4) is 5.75 Å². The number of nitrogens with zero attached hydrogens (tertiary/aromatic N) is 1. The number of carboxylic acids is 1. The molecule has 5 rings (SSSR count). The quantitative estimate of drug-likeness (QED) is 0.546. The van der Waals surface area contributed by atoms with Crippen LogP contribution in [0.5, 0.6) is 5.75 Å². The summed E-state index contributed by atoms with van der Waals surface area (Å²) >= 11 is 3.42. The van der Waals surface area contributed by atoms with Gasteiger partial charge in [0.2, 0.25) is 0 Å². The SMILES string of the molecule is O=C(O)C1C(O)C2(O)c3ccncc3OC2(c2ccc(Br)cc2)C1c1ccccc1. The Labute approximate surface area is 180 Å². The van der Waals surface area contributed by atoms with Crippen LogP contribution in [0, 0.1) is 5.92 Å². The van der Waals surface area contributed by atoms with Crippen molar-refractivity contribution in [2.75, 3.05) is 0 Å². The van der Waals surface area contributed by atoms with Gasteiger partial charge in [0.15, 0.2) is 11.2 Å². The Morgan fingerprint density at radius 1 is 1.07 bits per heavy atom. The molecule has 1 aliphatic heterocycles. The third-order valence-corrected chi connectivity index (χ3v) is 6.84. The van der Waals surface area contributed by atoms with E-state index in [-0.39, 0.29) is 0 Å². The smallest absolute Gasteiger partial charge is 0.310 e. The monoisotopic (exact) mass is 467 g/mol. The third-order valence-electron chi connectivity index (χ3n) is 6.31. The lowest BCUT2D eigenvalue weighted by atomic mass is 9.71. The van der Waals surface area contributed by atoms with Gasteiger partial charge in [0.05, 0.1) is 12.1 Å². The fraction of sp³-hybridized carbons (Fsp3) is 0.217. The highest BCUT2D eigenvalue weighted by Gasteiger charge is 2.77. The Bertz CT molecular complexity index is 1120. The Morgan fingerprint density at radius 3 is 2.43 bits per heavy atom. The number of aliphatic carboxylic acids is 1. The molecule has 0 spiro atoms. The Hall–Kier alpha value is -2.74. The standard InChI is InChI=1S/C23H18BrNO5/c24-15-8-6-14(7-9-15)23-19(13-4-2-1-3-5-13)18(21(27)28)20(26)22(23,29)16-10-11-25-12-17(16)30-23/h1-12,18-20,26,29H,(H,27,28). The van der Waals surface area contributed by atoms with Crippen molar-refractivity contribution < 1.29 is 24.9 Å². The van der Waals surface area contributed by atoms with Crippen LogP contribution in [0.1, 0.15) is 22.6 Å². The summed E-state index contributed by atoms with van der Waals surface area (Å²) in [5.74, 6) is -3.02. The molecular weight excluding hydrogens is 450 g/mol. The fourth-order valence-electron chi connectivity index (χ4n) is 5.14. The molecule has 1 aromatic heterocycles. The molecule has 0 bridgehead atoms. The maximum Gasteiger partial charge on any atom is 0.310 e. The normalized spacial score (nSPS) is 31.6. The van der Waals surface area contributed by atoms with Gasteiger partial charge in [0.1, 0.15) is 11.9 Å². The molecule has 2 aromatic carbocycles. The summed E-state index contributed by atoms with van der Waals surface area (Å²) in [6, 6.07) is 17.8. The fourth-order valence-corrected chi connectivity index (χ4v) is 5.40. The molecule has 6 nitrogen and oxygen atoms in total. The van der Waals surface area contributed by atoms with E-state index in [1.165, 1.54) is 12.4 Å². The summed E-state index contributed by atoms with van der Waals surface area (Å²) in [5, 5.41) is 33.5. The lowest BCUT2D eigenvalue weighted by Gasteiger charge is -2.40. The predicted molar refractivity (Wildman–Crippen MR) is 111 cm³/mol. The third kappa shape index (κ3) is 2.31. The first-order valence-corrected chi connectivity index (χ1v) is 10.3. The number of halogens is 1. The molecule has 0 saturated heterocycles. The zero-order valence-corrected chi connectivity index (χ0v) is 17.2. The molecule has 0 amide bonds. The number of benzene rings is 2. The summed E-state index contributed by atoms with van der Waals surface area (Å²) in [6.07, 6.45) is 1.37. The van der Waals surface area contributed by atoms with Crippen molar-refractivity contribution in [3.63, 3.8) is 0 Å². The van der Waals surface area contributed by atoms with Crippen LogP contribution in [0.4, 0.5) is 0 Å². The number of carbonyl (C=O) groups is 1. The van der Waals surface area contributed by atoms with E-state index >= 15 is 0 Å². The minimum absolute atomic E-state index is 0.326. The number of carboxylic acid groups (broad SMARTS) is 1. The minimum atomic E-state index is -1.98. The molecule has 0 radical (unpaired) electrons. The molecule has 3 N–H and O–H groups in total. The lowest BCUT2D eigenvalue weighted by molar-refractivity contribution is -0.159. The zero-order chi connectivity index (χ0) is 21.1. The van der Waals surface area contributed by atoms with Gasteiger partial charge in [0.25, 0.3) is 0 Å². The number of ether oxygens (including phenoxy) is 1. The van der Waals surface area contributed by atoms with Crippen molar-refractivity contribution in [2.24, 2.45) is 5.92 Å². The van der Waals surface area contributed by atoms with Gasteiger partial charge in [-0.3, -0.25) is 9.78 Å². The molecule has 30 heavy (non-hydrogen) atoms. The summed E-state index contributed by atoms with van der Waals surface area (Å²) < 4.78 is 7.24. The van der Waals surface area contributed by atoms with Gasteiger partial charge in [0, 0.05) is 22.2 Å². The van der Waals surface area contributed by atoms with Gasteiger partial charge in [-0.05, 0) is 29.3 Å². The van der Waals surface area contributed by atoms with Gasteiger partial charge in [-0.1, -0.05) is 58.4 Å². The number of fused-ring (bicyclic) bond motifs is 3. The van der Waals surface area contributed by atoms with Crippen molar-refractivity contribution in [1.29, 1.82) is 0 Å². The van der Waals surface area contributed by atoms with Gasteiger partial charge in [-0.2, -0.15) is 0 Å². The average Bonchev–Trinajstić information content (AvgIpc) is 3.13. The van der Waals surface area contributed by atoms with E-state index < -0.39 is 35.1 Å². The number of rotatable bonds is 3. The van der Waals surface area contributed by atoms with Crippen molar-refractivity contribution in [2.45, 2.75) is 23.2 Å². The molecule has 1 saturated carbocycles. The van der Waals surface area contributed by atoms with Gasteiger partial charge in [-0.15, -0.1) is 0 Å². The van der Waals surface area contributed by atoms with Crippen LogP contribution in [0.15, 0.2) is 77.5 Å². The second-order valence-electron chi connectivity index (χ2n) is 7.68. The first-order chi connectivity index (χ1) is 14.4. The van der Waals surface area contributed by atoms with E-state index in [4.69, 9.17) is 4.74 Å². The number of aliphatic hydroxyl groups excluding tert-OH is 1. The summed E-state index contributed by atoms with van der Waals surface area (Å²) in [6.45, 7) is 0. The van der Waals surface area contributed by atoms with E-state index in [0.29, 0.717) is 22.4 Å². The van der Waals surface area contributed by atoms with E-state index in [1.807, 2.05) is 6.07 Å². The Kier molecular flexibility index (Phi) is 4.25. The van der Waals surface area contributed by atoms with Crippen LogP contribution in [0.3, 0.4) is 0 Å². The molecule has 2 aliphatic rings. The first-order valence-electron chi connectivity index (χ1n) is 9.49. The molecule has 1 aliphatic carbocycles. The molecule has 2 heterocycles. The van der Waals surface area contributed by atoms with Crippen LogP contribution in [-0.4, -0.2) is 32.4 Å². The van der Waals surface area contributed by atoms with Crippen molar-refractivity contribution in [1.82, 2.24) is 4.98 Å². The topological polar surface area (TPSA) is 99.9 Å². The molecule has 152 valence electrons. The summed E-state index contributed by atoms with van der Waals surface area (Å²) in [4.78, 5) is 16.5. The second-order valence-corrected chi connectivity index (χ2v) is 8.60. The highest BCUT2D eigenvalue weighted by molar-refractivity contribution is 9.10. The maximum absolute atomic E-state index is 12.4. The first kappa shape index (κ1) is 19.2. The predicted octanol–water partition coefficient (Wildman–Crippen LogP) is 3.18. The number of aromatic nitrogens is 1. The summed E-state index contributed by atoms with van der Waals surface area (Å²) in [7, 11) is 0. The Morgan fingerprint density at radius 2 is 1.77 bits per heavy atom. The van der Waals surface area contributed by atoms with Gasteiger partial charge < -0.3 is 20.1 Å². The molecule has 1 fully saturated rings. The highest BCUT2D eigenvalue weighted by atomic mass is 79.9. The minimum Gasteiger partial charge on any atom is -0.481 e. The molecule has 5 unspecified atom stereocenters. The number of hydrogen-bond acceptors (Lipinski definition) is 5. The molecule has 5 atom stereocenters. The van der Waals surface area contributed by atoms with E-state index in [1.54, 1.807) is 54.6 Å². The van der Waals surface area contributed by atoms with E-state index in [2.05, 4.69) is 20.9 Å². The number of pyridine rings is 1. The number of aliphatic hydroxyl groups is 2. The zero-order valence-electron chi connectivity index (χ0n) is 15.6. The summed E-state index contributed by atoms with van der Waals surface area (Å²) in [5.41, 5.74) is -1.98. The number of hydrogen-bond donors (Lipinski definition) is 3. The molecular formula is C23H18BrNO5. The lowest BCUT2D eigenvalue weighted by Crippen LogP contribution is -2.52.